The third-order valence-corrected chi connectivity index (χ3v) is 4.64. The first-order valence-corrected chi connectivity index (χ1v) is 8.62. The van der Waals surface area contributed by atoms with Crippen molar-refractivity contribution >= 4 is 90.7 Å². The second-order valence-electron chi connectivity index (χ2n) is 4.46. The maximum Gasteiger partial charge on any atom is 0.295 e. The van der Waals surface area contributed by atoms with Gasteiger partial charge in [-0.15, -0.1) is 0 Å². The molecule has 6 N–H and O–H groups in total. The Bertz CT molecular complexity index is 882. The average Bonchev–Trinajstić information content (AvgIpc) is 2.37. The van der Waals surface area contributed by atoms with Gasteiger partial charge in [0, 0.05) is 81.6 Å². The molecular formula is C12H12N2Na2O6S2. The fraction of sp³-hybridized carbons (Fsp3) is 0. The summed E-state index contributed by atoms with van der Waals surface area (Å²) in [6, 6.07) is 7.06. The Balaban J connectivity index is 0.00000264. The van der Waals surface area contributed by atoms with Gasteiger partial charge in [0.2, 0.25) is 0 Å². The Morgan fingerprint density at radius 3 is 1.21 bits per heavy atom. The molecule has 0 saturated carbocycles. The molecule has 0 aliphatic carbocycles. The van der Waals surface area contributed by atoms with Crippen molar-refractivity contribution in [3.05, 3.63) is 36.4 Å². The van der Waals surface area contributed by atoms with Crippen molar-refractivity contribution in [3.8, 4) is 11.1 Å². The van der Waals surface area contributed by atoms with Gasteiger partial charge in [0.05, 0.1) is 0 Å². The third-order valence-electron chi connectivity index (χ3n) is 2.86. The van der Waals surface area contributed by atoms with Crippen LogP contribution >= 0.6 is 0 Å². The monoisotopic (exact) mass is 390 g/mol. The summed E-state index contributed by atoms with van der Waals surface area (Å²) in [4.78, 5) is -1.16. The van der Waals surface area contributed by atoms with Gasteiger partial charge >= 0.3 is 0 Å². The standard InChI is InChI=1S/C12H12N2O6S2.2Na/c13-7-1-3-9(11(5-7)21(15,16)17)10-4-2-8(14)6-12(10)22(18,19)20;;/h1-6H,13-14H2,(H,15,16,17)(H,18,19,20);;. The van der Waals surface area contributed by atoms with Crippen molar-refractivity contribution in [1.82, 2.24) is 0 Å². The van der Waals surface area contributed by atoms with E-state index < -0.39 is 30.0 Å². The van der Waals surface area contributed by atoms with Gasteiger partial charge in [-0.25, -0.2) is 0 Å². The molecule has 0 fully saturated rings. The minimum atomic E-state index is -4.66. The molecule has 0 saturated heterocycles. The second-order valence-corrected chi connectivity index (χ2v) is 7.24. The predicted molar refractivity (Wildman–Crippen MR) is 91.8 cm³/mol. The van der Waals surface area contributed by atoms with Crippen molar-refractivity contribution in [2.24, 2.45) is 0 Å². The van der Waals surface area contributed by atoms with Gasteiger partial charge in [0.1, 0.15) is 9.79 Å². The van der Waals surface area contributed by atoms with Crippen LogP contribution in [0, 0.1) is 0 Å². The molecule has 0 aliphatic rings. The van der Waals surface area contributed by atoms with E-state index in [-0.39, 0.29) is 81.6 Å². The molecule has 0 amide bonds. The fourth-order valence-corrected chi connectivity index (χ4v) is 3.43. The summed E-state index contributed by atoms with van der Waals surface area (Å²) >= 11 is 0. The number of hydrogen-bond donors (Lipinski definition) is 4. The van der Waals surface area contributed by atoms with Crippen LogP contribution in [0.2, 0.25) is 0 Å². The van der Waals surface area contributed by atoms with Crippen LogP contribution in [0.1, 0.15) is 0 Å². The van der Waals surface area contributed by atoms with E-state index in [0.717, 1.165) is 12.1 Å². The summed E-state index contributed by atoms with van der Waals surface area (Å²) in [5.41, 5.74) is 10.8. The van der Waals surface area contributed by atoms with Crippen LogP contribution in [-0.4, -0.2) is 85.1 Å². The van der Waals surface area contributed by atoms with Gasteiger partial charge in [-0.1, -0.05) is 12.1 Å². The quantitative estimate of drug-likeness (QED) is 0.329. The largest absolute Gasteiger partial charge is 0.399 e. The van der Waals surface area contributed by atoms with E-state index in [1.807, 2.05) is 0 Å². The molecule has 2 radical (unpaired) electrons. The molecule has 2 aromatic rings. The van der Waals surface area contributed by atoms with Crippen molar-refractivity contribution in [3.63, 3.8) is 0 Å². The summed E-state index contributed by atoms with van der Waals surface area (Å²) in [6.07, 6.45) is 0. The zero-order chi connectivity index (χ0) is 16.7. The molecule has 0 bridgehead atoms. The predicted octanol–water partition coefficient (Wildman–Crippen LogP) is 0.250. The molecule has 0 spiro atoms. The van der Waals surface area contributed by atoms with Crippen LogP contribution in [0.25, 0.3) is 11.1 Å². The summed E-state index contributed by atoms with van der Waals surface area (Å²) in [7, 11) is -9.33. The molecule has 2 aromatic carbocycles. The normalized spacial score (nSPS) is 11.2. The molecular weight excluding hydrogens is 378 g/mol. The maximum atomic E-state index is 11.5. The Morgan fingerprint density at radius 2 is 0.958 bits per heavy atom. The smallest absolute Gasteiger partial charge is 0.295 e. The van der Waals surface area contributed by atoms with Gasteiger partial charge < -0.3 is 11.5 Å². The molecule has 8 nitrogen and oxygen atoms in total. The van der Waals surface area contributed by atoms with E-state index in [9.17, 15) is 25.9 Å². The zero-order valence-corrected chi connectivity index (χ0v) is 18.6. The SMILES string of the molecule is Nc1ccc(-c2ccc(N)cc2S(=O)(=O)O)c(S(=O)(=O)O)c1.[Na].[Na]. The number of nitrogen functional groups attached to an aromatic ring is 2. The molecule has 2 rings (SSSR count). The number of rotatable bonds is 3. The summed E-state index contributed by atoms with van der Waals surface area (Å²) in [5.74, 6) is 0. The van der Waals surface area contributed by atoms with Gasteiger partial charge in [0.25, 0.3) is 20.2 Å². The molecule has 0 heterocycles. The van der Waals surface area contributed by atoms with Crippen LogP contribution in [0.15, 0.2) is 46.2 Å². The fourth-order valence-electron chi connectivity index (χ4n) is 1.95. The Labute approximate surface area is 183 Å². The zero-order valence-electron chi connectivity index (χ0n) is 13.0. The number of benzene rings is 2. The van der Waals surface area contributed by atoms with Crippen LogP contribution in [0.3, 0.4) is 0 Å². The van der Waals surface area contributed by atoms with Gasteiger partial charge in [-0.3, -0.25) is 9.11 Å². The molecule has 24 heavy (non-hydrogen) atoms. The van der Waals surface area contributed by atoms with E-state index >= 15 is 0 Å². The topological polar surface area (TPSA) is 161 Å². The van der Waals surface area contributed by atoms with Crippen LogP contribution in [0.4, 0.5) is 11.4 Å². The summed E-state index contributed by atoms with van der Waals surface area (Å²) in [6.45, 7) is 0. The molecule has 12 heteroatoms. The van der Waals surface area contributed by atoms with Crippen molar-refractivity contribution in [1.29, 1.82) is 0 Å². The molecule has 0 atom stereocenters. The van der Waals surface area contributed by atoms with E-state index in [0.29, 0.717) is 0 Å². The third kappa shape index (κ3) is 5.43. The van der Waals surface area contributed by atoms with E-state index in [1.165, 1.54) is 24.3 Å². The first-order chi connectivity index (χ1) is 10.00. The number of hydrogen-bond acceptors (Lipinski definition) is 6. The maximum absolute atomic E-state index is 11.5. The van der Waals surface area contributed by atoms with Crippen molar-refractivity contribution < 1.29 is 25.9 Å². The molecule has 0 aliphatic heterocycles. The van der Waals surface area contributed by atoms with Crippen LogP contribution < -0.4 is 11.5 Å². The Morgan fingerprint density at radius 1 is 0.667 bits per heavy atom. The average molecular weight is 390 g/mol. The van der Waals surface area contributed by atoms with Crippen LogP contribution in [-0.2, 0) is 20.2 Å². The first-order valence-electron chi connectivity index (χ1n) is 5.74. The van der Waals surface area contributed by atoms with Gasteiger partial charge in [0.15, 0.2) is 0 Å². The van der Waals surface area contributed by atoms with Crippen molar-refractivity contribution in [2.75, 3.05) is 11.5 Å². The number of nitrogens with two attached hydrogens (primary N) is 2. The number of anilines is 2. The molecule has 120 valence electrons. The minimum absolute atomic E-state index is 0. The van der Waals surface area contributed by atoms with Gasteiger partial charge in [-0.2, -0.15) is 16.8 Å². The molecule has 0 aromatic heterocycles. The van der Waals surface area contributed by atoms with E-state index in [4.69, 9.17) is 11.5 Å². The molecule has 0 unspecified atom stereocenters. The Hall–Kier alpha value is -0.140. The van der Waals surface area contributed by atoms with Crippen LogP contribution in [0.5, 0.6) is 0 Å². The minimum Gasteiger partial charge on any atom is -0.399 e. The second kappa shape index (κ2) is 8.49. The summed E-state index contributed by atoms with van der Waals surface area (Å²) in [5, 5.41) is 0. The first kappa shape index (κ1) is 23.9. The van der Waals surface area contributed by atoms with Crippen molar-refractivity contribution in [2.45, 2.75) is 9.79 Å². The van der Waals surface area contributed by atoms with E-state index in [1.54, 1.807) is 0 Å². The van der Waals surface area contributed by atoms with Gasteiger partial charge in [-0.05, 0) is 24.3 Å². The summed E-state index contributed by atoms with van der Waals surface area (Å²) < 4.78 is 64.4. The Kier molecular flexibility index (Phi) is 8.45. The van der Waals surface area contributed by atoms with E-state index in [2.05, 4.69) is 0 Å².